The van der Waals surface area contributed by atoms with Gasteiger partial charge < -0.3 is 5.11 Å². The first-order chi connectivity index (χ1) is 4.88. The van der Waals surface area contributed by atoms with Gasteiger partial charge in [-0.15, -0.1) is 0 Å². The summed E-state index contributed by atoms with van der Waals surface area (Å²) in [5.41, 5.74) is 2.14. The van der Waals surface area contributed by atoms with Gasteiger partial charge in [0, 0.05) is 6.42 Å². The van der Waals surface area contributed by atoms with E-state index in [1.165, 1.54) is 0 Å². The van der Waals surface area contributed by atoms with Crippen molar-refractivity contribution in [3.63, 3.8) is 0 Å². The van der Waals surface area contributed by atoms with Crippen molar-refractivity contribution in [2.24, 2.45) is 0 Å². The van der Waals surface area contributed by atoms with Crippen LogP contribution >= 0.6 is 0 Å². The van der Waals surface area contributed by atoms with Crippen LogP contribution in [0.15, 0.2) is 18.2 Å². The van der Waals surface area contributed by atoms with Gasteiger partial charge in [0.25, 0.3) is 0 Å². The first-order valence-electron chi connectivity index (χ1n) is 3.42. The predicted octanol–water partition coefficient (Wildman–Crippen LogP) is 1.77. The van der Waals surface area contributed by atoms with E-state index in [0.29, 0.717) is 5.75 Å². The fourth-order valence-corrected chi connectivity index (χ4v) is 1.33. The third-order valence-corrected chi connectivity index (χ3v) is 1.84. The van der Waals surface area contributed by atoms with Gasteiger partial charge in [0.15, 0.2) is 0 Å². The largest absolute Gasteiger partial charge is 0.508 e. The lowest BCUT2D eigenvalue weighted by Gasteiger charge is -1.98. The smallest absolute Gasteiger partial charge is 0.119 e. The van der Waals surface area contributed by atoms with Gasteiger partial charge >= 0.3 is 0 Å². The first-order valence-corrected chi connectivity index (χ1v) is 3.42. The molecule has 0 bridgehead atoms. The molecule has 0 saturated heterocycles. The van der Waals surface area contributed by atoms with Gasteiger partial charge in [-0.05, 0) is 30.0 Å². The number of rotatable bonds is 0. The number of phenolic OH excluding ortho intramolecular Hbond substituents is 1. The summed E-state index contributed by atoms with van der Waals surface area (Å²) in [7, 11) is 0. The predicted molar refractivity (Wildman–Crippen MR) is 38.8 cm³/mol. The highest BCUT2D eigenvalue weighted by atomic mass is 16.3. The molecule has 1 aromatic carbocycles. The summed E-state index contributed by atoms with van der Waals surface area (Å²) < 4.78 is 0. The van der Waals surface area contributed by atoms with E-state index in [9.17, 15) is 5.11 Å². The van der Waals surface area contributed by atoms with Crippen molar-refractivity contribution in [3.05, 3.63) is 35.7 Å². The van der Waals surface area contributed by atoms with Crippen LogP contribution < -0.4 is 0 Å². The second kappa shape index (κ2) is 2.01. The fourth-order valence-electron chi connectivity index (χ4n) is 1.33. The van der Waals surface area contributed by atoms with Crippen LogP contribution in [0.25, 0.3) is 0 Å². The molecule has 50 valence electrons. The van der Waals surface area contributed by atoms with Crippen LogP contribution in [0.1, 0.15) is 17.5 Å². The van der Waals surface area contributed by atoms with E-state index < -0.39 is 0 Å². The third-order valence-electron chi connectivity index (χ3n) is 1.84. The highest BCUT2D eigenvalue weighted by molar-refractivity contribution is 5.46. The lowest BCUT2D eigenvalue weighted by atomic mass is 10.1. The molecule has 0 fully saturated rings. The van der Waals surface area contributed by atoms with Crippen LogP contribution in [-0.4, -0.2) is 5.11 Å². The molecule has 0 saturated carbocycles. The molecule has 1 heteroatoms. The molecule has 10 heavy (non-hydrogen) atoms. The highest BCUT2D eigenvalue weighted by Crippen LogP contribution is 2.30. The number of hydrogen-bond acceptors (Lipinski definition) is 1. The summed E-state index contributed by atoms with van der Waals surface area (Å²) in [6, 6.07) is 5.57. The molecule has 0 aromatic heterocycles. The van der Waals surface area contributed by atoms with Crippen molar-refractivity contribution in [3.8, 4) is 5.75 Å². The van der Waals surface area contributed by atoms with Crippen molar-refractivity contribution < 1.29 is 5.11 Å². The summed E-state index contributed by atoms with van der Waals surface area (Å²) in [4.78, 5) is 0. The van der Waals surface area contributed by atoms with Crippen LogP contribution in [0.3, 0.4) is 0 Å². The summed E-state index contributed by atoms with van der Waals surface area (Å²) >= 11 is 0. The molecule has 0 unspecified atom stereocenters. The molecule has 0 spiro atoms. The van der Waals surface area contributed by atoms with Gasteiger partial charge in [0.1, 0.15) is 5.75 Å². The maximum Gasteiger partial charge on any atom is 0.119 e. The number of fused-ring (bicyclic) bond motifs is 1. The summed E-state index contributed by atoms with van der Waals surface area (Å²) in [6.45, 7) is 0. The highest BCUT2D eigenvalue weighted by Gasteiger charge is 2.13. The van der Waals surface area contributed by atoms with Crippen LogP contribution in [0, 0.1) is 6.42 Å². The molecule has 0 amide bonds. The van der Waals surface area contributed by atoms with E-state index in [0.717, 1.165) is 24.0 Å². The molecule has 2 rings (SSSR count). The maximum absolute atomic E-state index is 9.29. The summed E-state index contributed by atoms with van der Waals surface area (Å²) in [5.74, 6) is 0.419. The van der Waals surface area contributed by atoms with E-state index in [1.807, 2.05) is 12.1 Å². The topological polar surface area (TPSA) is 20.2 Å². The van der Waals surface area contributed by atoms with Crippen molar-refractivity contribution in [1.29, 1.82) is 0 Å². The zero-order chi connectivity index (χ0) is 6.97. The molecule has 0 aliphatic heterocycles. The minimum absolute atomic E-state index is 0.419. The minimum Gasteiger partial charge on any atom is -0.508 e. The van der Waals surface area contributed by atoms with E-state index >= 15 is 0 Å². The third kappa shape index (κ3) is 0.703. The molecule has 1 aromatic rings. The minimum atomic E-state index is 0.419. The Morgan fingerprint density at radius 3 is 3.10 bits per heavy atom. The Bertz CT molecular complexity index is 253. The van der Waals surface area contributed by atoms with Crippen molar-refractivity contribution in [2.75, 3.05) is 0 Å². The number of phenols is 1. The summed E-state index contributed by atoms with van der Waals surface area (Å²) in [5, 5.41) is 9.29. The Balaban J connectivity index is 2.59. The Morgan fingerprint density at radius 1 is 1.40 bits per heavy atom. The van der Waals surface area contributed by atoms with Gasteiger partial charge in [0.2, 0.25) is 0 Å². The van der Waals surface area contributed by atoms with Crippen LogP contribution in [0.4, 0.5) is 0 Å². The summed E-state index contributed by atoms with van der Waals surface area (Å²) in [6.07, 6.45) is 5.08. The Labute approximate surface area is 60.3 Å². The SMILES string of the molecule is Oc1cccc2c1CC[C]2. The second-order valence-electron chi connectivity index (χ2n) is 2.48. The van der Waals surface area contributed by atoms with E-state index in [-0.39, 0.29) is 0 Å². The van der Waals surface area contributed by atoms with Crippen molar-refractivity contribution in [2.45, 2.75) is 12.8 Å². The van der Waals surface area contributed by atoms with Gasteiger partial charge in [0.05, 0.1) is 0 Å². The Kier molecular flexibility index (Phi) is 1.16. The van der Waals surface area contributed by atoms with E-state index in [1.54, 1.807) is 6.07 Å². The van der Waals surface area contributed by atoms with Crippen molar-refractivity contribution in [1.82, 2.24) is 0 Å². The maximum atomic E-state index is 9.29. The average Bonchev–Trinajstić information content (AvgIpc) is 2.36. The first kappa shape index (κ1) is 5.78. The lowest BCUT2D eigenvalue weighted by molar-refractivity contribution is 0.469. The van der Waals surface area contributed by atoms with Crippen LogP contribution in [-0.2, 0) is 6.42 Å². The normalized spacial score (nSPS) is 15.2. The standard InChI is InChI=1S/C9H8O/c10-9-6-2-4-7-3-1-5-8(7)9/h2,4,6,10H,1,5H2. The molecule has 1 nitrogen and oxygen atoms in total. The number of hydrogen-bond donors (Lipinski definition) is 1. The monoisotopic (exact) mass is 132 g/mol. The zero-order valence-electron chi connectivity index (χ0n) is 5.59. The van der Waals surface area contributed by atoms with E-state index in [2.05, 4.69) is 6.42 Å². The molecular weight excluding hydrogens is 124 g/mol. The van der Waals surface area contributed by atoms with Crippen LogP contribution in [0.5, 0.6) is 5.75 Å². The average molecular weight is 132 g/mol. The van der Waals surface area contributed by atoms with Gasteiger partial charge in [-0.1, -0.05) is 12.1 Å². The molecule has 0 atom stereocenters. The van der Waals surface area contributed by atoms with Gasteiger partial charge in [-0.25, -0.2) is 0 Å². The van der Waals surface area contributed by atoms with Crippen molar-refractivity contribution >= 4 is 0 Å². The molecule has 2 radical (unpaired) electrons. The number of benzene rings is 1. The fraction of sp³-hybridized carbons (Fsp3) is 0.222. The Morgan fingerprint density at radius 2 is 2.30 bits per heavy atom. The van der Waals surface area contributed by atoms with Crippen LogP contribution in [0.2, 0.25) is 0 Å². The lowest BCUT2D eigenvalue weighted by Crippen LogP contribution is -1.79. The van der Waals surface area contributed by atoms with Gasteiger partial charge in [-0.3, -0.25) is 0 Å². The molecule has 1 N–H and O–H groups in total. The molecular formula is C9H8O. The van der Waals surface area contributed by atoms with E-state index in [4.69, 9.17) is 0 Å². The Hall–Kier alpha value is -0.980. The molecule has 1 aliphatic rings. The second-order valence-corrected chi connectivity index (χ2v) is 2.48. The zero-order valence-corrected chi connectivity index (χ0v) is 5.59. The number of aromatic hydroxyl groups is 1. The molecule has 1 aliphatic carbocycles. The van der Waals surface area contributed by atoms with Gasteiger partial charge in [-0.2, -0.15) is 0 Å². The quantitative estimate of drug-likeness (QED) is 0.570. The molecule has 0 heterocycles.